The molecule has 0 fully saturated rings. The molecular weight excluding hydrogens is 269 g/mol. The van der Waals surface area contributed by atoms with Crippen molar-refractivity contribution in [3.63, 3.8) is 0 Å². The van der Waals surface area contributed by atoms with E-state index in [2.05, 4.69) is 34.7 Å². The first kappa shape index (κ1) is 13.5. The highest BCUT2D eigenvalue weighted by Crippen LogP contribution is 2.25. The molecule has 0 aliphatic heterocycles. The third kappa shape index (κ3) is 3.21. The van der Waals surface area contributed by atoms with Gasteiger partial charge in [-0.05, 0) is 25.5 Å². The van der Waals surface area contributed by atoms with E-state index in [1.165, 1.54) is 6.07 Å². The van der Waals surface area contributed by atoms with Crippen molar-refractivity contribution in [2.75, 3.05) is 18.0 Å². The van der Waals surface area contributed by atoms with E-state index in [1.807, 2.05) is 6.07 Å². The van der Waals surface area contributed by atoms with E-state index in [4.69, 9.17) is 0 Å². The van der Waals surface area contributed by atoms with E-state index in [9.17, 15) is 4.39 Å². The summed E-state index contributed by atoms with van der Waals surface area (Å²) >= 11 is 3.36. The van der Waals surface area contributed by atoms with Gasteiger partial charge in [0.25, 0.3) is 0 Å². The van der Waals surface area contributed by atoms with Gasteiger partial charge in [0, 0.05) is 29.7 Å². The second-order valence-corrected chi connectivity index (χ2v) is 4.37. The van der Waals surface area contributed by atoms with Gasteiger partial charge < -0.3 is 4.90 Å². The van der Waals surface area contributed by atoms with E-state index < -0.39 is 0 Å². The predicted molar refractivity (Wildman–Crippen MR) is 71.8 cm³/mol. The van der Waals surface area contributed by atoms with Crippen LogP contribution in [0.5, 0.6) is 0 Å². The van der Waals surface area contributed by atoms with Gasteiger partial charge in [-0.3, -0.25) is 0 Å². The molecule has 0 amide bonds. The monoisotopic (exact) mass is 287 g/mol. The number of halogens is 2. The van der Waals surface area contributed by atoms with Crippen LogP contribution in [0.4, 0.5) is 10.1 Å². The van der Waals surface area contributed by atoms with Crippen LogP contribution < -0.4 is 4.90 Å². The summed E-state index contributed by atoms with van der Waals surface area (Å²) in [5, 5.41) is 0.567. The van der Waals surface area contributed by atoms with Crippen molar-refractivity contribution in [2.45, 2.75) is 32.0 Å². The molecular formula is C13H19BrFN. The number of anilines is 1. The molecule has 1 aromatic carbocycles. The molecule has 0 heterocycles. The number of unbranched alkanes of at least 4 members (excludes halogenated alkanes) is 1. The lowest BCUT2D eigenvalue weighted by Gasteiger charge is -2.25. The average Bonchev–Trinajstić information content (AvgIpc) is 2.30. The summed E-state index contributed by atoms with van der Waals surface area (Å²) in [4.78, 5) is 2.24. The van der Waals surface area contributed by atoms with Crippen LogP contribution in [0.2, 0.25) is 0 Å². The molecule has 1 rings (SSSR count). The molecule has 0 aromatic heterocycles. The zero-order valence-corrected chi connectivity index (χ0v) is 11.6. The van der Waals surface area contributed by atoms with Crippen LogP contribution in [-0.2, 0) is 5.33 Å². The molecule has 0 spiro atoms. The molecule has 0 saturated carbocycles. The highest BCUT2D eigenvalue weighted by molar-refractivity contribution is 9.08. The van der Waals surface area contributed by atoms with Crippen LogP contribution in [0.15, 0.2) is 18.2 Å². The van der Waals surface area contributed by atoms with Crippen LogP contribution in [0.3, 0.4) is 0 Å². The summed E-state index contributed by atoms with van der Waals surface area (Å²) < 4.78 is 13.6. The van der Waals surface area contributed by atoms with Crippen LogP contribution >= 0.6 is 15.9 Å². The van der Waals surface area contributed by atoms with E-state index in [0.717, 1.165) is 37.2 Å². The Bertz CT molecular complexity index is 328. The van der Waals surface area contributed by atoms with Crippen molar-refractivity contribution >= 4 is 21.6 Å². The topological polar surface area (TPSA) is 3.24 Å². The van der Waals surface area contributed by atoms with Gasteiger partial charge in [-0.1, -0.05) is 35.3 Å². The summed E-state index contributed by atoms with van der Waals surface area (Å²) in [6, 6.07) is 5.30. The molecule has 1 nitrogen and oxygen atoms in total. The summed E-state index contributed by atoms with van der Waals surface area (Å²) in [5.41, 5.74) is 1.79. The maximum absolute atomic E-state index is 13.6. The van der Waals surface area contributed by atoms with Gasteiger partial charge >= 0.3 is 0 Å². The molecule has 0 aliphatic carbocycles. The Balaban J connectivity index is 2.94. The van der Waals surface area contributed by atoms with Crippen molar-refractivity contribution in [1.82, 2.24) is 0 Å². The van der Waals surface area contributed by atoms with Gasteiger partial charge in [-0.15, -0.1) is 0 Å². The van der Waals surface area contributed by atoms with E-state index in [0.29, 0.717) is 5.33 Å². The molecule has 0 saturated heterocycles. The van der Waals surface area contributed by atoms with Crippen LogP contribution in [0, 0.1) is 5.82 Å². The summed E-state index contributed by atoms with van der Waals surface area (Å²) in [7, 11) is 0. The number of nitrogens with zero attached hydrogens (tertiary/aromatic N) is 1. The third-order valence-electron chi connectivity index (χ3n) is 2.73. The molecule has 0 radical (unpaired) electrons. The molecule has 1 aromatic rings. The molecule has 16 heavy (non-hydrogen) atoms. The van der Waals surface area contributed by atoms with Gasteiger partial charge in [0.1, 0.15) is 5.82 Å². The molecule has 0 bridgehead atoms. The average molecular weight is 288 g/mol. The number of hydrogen-bond acceptors (Lipinski definition) is 1. The standard InChI is InChI=1S/C13H19BrFN/c1-3-5-9-16(4-2)13-8-6-7-12(15)11(13)10-14/h6-8H,3-5,9-10H2,1-2H3. The second kappa shape index (κ2) is 6.89. The van der Waals surface area contributed by atoms with Gasteiger partial charge in [0.05, 0.1) is 0 Å². The normalized spacial score (nSPS) is 10.5. The Morgan fingerprint density at radius 3 is 2.62 bits per heavy atom. The Morgan fingerprint density at radius 2 is 2.06 bits per heavy atom. The lowest BCUT2D eigenvalue weighted by molar-refractivity contribution is 0.615. The van der Waals surface area contributed by atoms with Gasteiger partial charge in [0.15, 0.2) is 0 Å². The fourth-order valence-corrected chi connectivity index (χ4v) is 2.33. The minimum Gasteiger partial charge on any atom is -0.371 e. The van der Waals surface area contributed by atoms with Crippen molar-refractivity contribution < 1.29 is 4.39 Å². The number of alkyl halides is 1. The van der Waals surface area contributed by atoms with Crippen molar-refractivity contribution in [3.8, 4) is 0 Å². The first-order valence-electron chi connectivity index (χ1n) is 5.82. The first-order valence-corrected chi connectivity index (χ1v) is 6.95. The van der Waals surface area contributed by atoms with Gasteiger partial charge in [-0.2, -0.15) is 0 Å². The maximum Gasteiger partial charge on any atom is 0.129 e. The number of rotatable bonds is 6. The quantitative estimate of drug-likeness (QED) is 0.703. The van der Waals surface area contributed by atoms with Gasteiger partial charge in [0.2, 0.25) is 0 Å². The van der Waals surface area contributed by atoms with Crippen LogP contribution in [-0.4, -0.2) is 13.1 Å². The van der Waals surface area contributed by atoms with Crippen LogP contribution in [0.25, 0.3) is 0 Å². The highest BCUT2D eigenvalue weighted by atomic mass is 79.9. The third-order valence-corrected chi connectivity index (χ3v) is 3.29. The lowest BCUT2D eigenvalue weighted by Crippen LogP contribution is -2.25. The summed E-state index contributed by atoms with van der Waals surface area (Å²) in [6.45, 7) is 6.20. The fraction of sp³-hybridized carbons (Fsp3) is 0.538. The van der Waals surface area contributed by atoms with Crippen molar-refractivity contribution in [2.24, 2.45) is 0 Å². The van der Waals surface area contributed by atoms with E-state index >= 15 is 0 Å². The van der Waals surface area contributed by atoms with Crippen molar-refractivity contribution in [3.05, 3.63) is 29.6 Å². The minimum atomic E-state index is -0.121. The summed E-state index contributed by atoms with van der Waals surface area (Å²) in [5.74, 6) is -0.121. The second-order valence-electron chi connectivity index (χ2n) is 3.80. The molecule has 0 N–H and O–H groups in total. The zero-order chi connectivity index (χ0) is 12.0. The molecule has 0 atom stereocenters. The number of benzene rings is 1. The Kier molecular flexibility index (Phi) is 5.81. The largest absolute Gasteiger partial charge is 0.371 e. The Morgan fingerprint density at radius 1 is 1.31 bits per heavy atom. The first-order chi connectivity index (χ1) is 7.74. The predicted octanol–water partition coefficient (Wildman–Crippen LogP) is 4.35. The zero-order valence-electron chi connectivity index (χ0n) is 9.97. The fourth-order valence-electron chi connectivity index (χ4n) is 1.77. The van der Waals surface area contributed by atoms with Crippen molar-refractivity contribution in [1.29, 1.82) is 0 Å². The van der Waals surface area contributed by atoms with E-state index in [1.54, 1.807) is 6.07 Å². The molecule has 90 valence electrons. The SMILES string of the molecule is CCCCN(CC)c1cccc(F)c1CBr. The molecule has 0 unspecified atom stereocenters. The smallest absolute Gasteiger partial charge is 0.129 e. The van der Waals surface area contributed by atoms with Crippen LogP contribution in [0.1, 0.15) is 32.3 Å². The number of hydrogen-bond donors (Lipinski definition) is 0. The lowest BCUT2D eigenvalue weighted by atomic mass is 10.1. The van der Waals surface area contributed by atoms with Gasteiger partial charge in [-0.25, -0.2) is 4.39 Å². The summed E-state index contributed by atoms with van der Waals surface area (Å²) in [6.07, 6.45) is 2.31. The Labute approximate surface area is 106 Å². The minimum absolute atomic E-state index is 0.121. The maximum atomic E-state index is 13.6. The Hall–Kier alpha value is -0.570. The van der Waals surface area contributed by atoms with E-state index in [-0.39, 0.29) is 5.82 Å². The molecule has 3 heteroatoms. The molecule has 0 aliphatic rings. The highest BCUT2D eigenvalue weighted by Gasteiger charge is 2.11.